The highest BCUT2D eigenvalue weighted by atomic mass is 32.1. The van der Waals surface area contributed by atoms with E-state index in [0.29, 0.717) is 45.1 Å². The zero-order valence-corrected chi connectivity index (χ0v) is 21.6. The van der Waals surface area contributed by atoms with Gasteiger partial charge in [0.1, 0.15) is 34.8 Å². The van der Waals surface area contributed by atoms with E-state index in [-0.39, 0.29) is 11.7 Å². The fraction of sp³-hybridized carbons (Fsp3) is 0.185. The van der Waals surface area contributed by atoms with Crippen LogP contribution in [0, 0.1) is 10.1 Å². The van der Waals surface area contributed by atoms with Crippen molar-refractivity contribution in [2.45, 2.75) is 12.1 Å². The third kappa shape index (κ3) is 4.48. The molecule has 4 aromatic rings. The number of anilines is 1. The highest BCUT2D eigenvalue weighted by Crippen LogP contribution is 2.47. The topological polar surface area (TPSA) is 112 Å². The SMILES string of the molecule is COc1ccc(OC)c(N2C(=S)N[C@H](c3ccccn3)[C@H]2c2ccc(-c3ccc([N+](=O)[O-])cc3OC)o2)c1. The molecule has 0 saturated carbocycles. The maximum atomic E-state index is 11.2. The molecule has 3 heterocycles. The van der Waals surface area contributed by atoms with E-state index in [0.717, 1.165) is 5.69 Å². The number of nitrogens with zero attached hydrogens (tertiary/aromatic N) is 3. The Kier molecular flexibility index (Phi) is 6.84. The first-order valence-electron chi connectivity index (χ1n) is 11.6. The normalized spacial score (nSPS) is 16.7. The standard InChI is InChI=1S/C27H24N4O6S/c1-34-17-8-10-22(35-2)20(15-17)30-26(25(29-27(30)38)19-6-4-5-13-28-19)23-12-11-21(37-23)18-9-7-16(31(32)33)14-24(18)36-3/h4-15,25-26H,1-3H3,(H,29,38)/t25-,26-/m1/s1. The molecular formula is C27H24N4O6S. The van der Waals surface area contributed by atoms with Crippen molar-refractivity contribution in [2.24, 2.45) is 0 Å². The number of non-ortho nitro benzene ring substituents is 1. The van der Waals surface area contributed by atoms with Crippen LogP contribution in [0.5, 0.6) is 17.2 Å². The molecular weight excluding hydrogens is 508 g/mol. The molecule has 2 aromatic heterocycles. The van der Waals surface area contributed by atoms with Gasteiger partial charge in [-0.05, 0) is 54.7 Å². The van der Waals surface area contributed by atoms with Gasteiger partial charge in [0.15, 0.2) is 5.11 Å². The molecule has 0 unspecified atom stereocenters. The molecule has 0 radical (unpaired) electrons. The zero-order chi connectivity index (χ0) is 26.8. The van der Waals surface area contributed by atoms with Crippen LogP contribution in [0.25, 0.3) is 11.3 Å². The second-order valence-electron chi connectivity index (χ2n) is 8.38. The molecule has 1 saturated heterocycles. The van der Waals surface area contributed by atoms with Crippen LogP contribution < -0.4 is 24.4 Å². The first-order valence-corrected chi connectivity index (χ1v) is 12.0. The summed E-state index contributed by atoms with van der Waals surface area (Å²) in [4.78, 5) is 17.3. The van der Waals surface area contributed by atoms with E-state index in [2.05, 4.69) is 10.3 Å². The number of hydrogen-bond acceptors (Lipinski definition) is 8. The number of furan rings is 1. The summed E-state index contributed by atoms with van der Waals surface area (Å²) in [5, 5.41) is 15.1. The molecule has 0 bridgehead atoms. The monoisotopic (exact) mass is 532 g/mol. The fourth-order valence-corrected chi connectivity index (χ4v) is 4.88. The van der Waals surface area contributed by atoms with Gasteiger partial charge in [-0.25, -0.2) is 0 Å². The second kappa shape index (κ2) is 10.4. The summed E-state index contributed by atoms with van der Waals surface area (Å²) in [5.74, 6) is 2.65. The molecule has 0 amide bonds. The first kappa shape index (κ1) is 25.0. The van der Waals surface area contributed by atoms with E-state index in [9.17, 15) is 10.1 Å². The van der Waals surface area contributed by atoms with Gasteiger partial charge in [0.2, 0.25) is 0 Å². The van der Waals surface area contributed by atoms with Crippen molar-refractivity contribution in [2.75, 3.05) is 26.2 Å². The van der Waals surface area contributed by atoms with Crippen molar-refractivity contribution in [1.29, 1.82) is 0 Å². The van der Waals surface area contributed by atoms with E-state index in [1.54, 1.807) is 32.5 Å². The Labute approximate surface area is 223 Å². The number of thiocarbonyl (C=S) groups is 1. The van der Waals surface area contributed by atoms with Gasteiger partial charge in [0.25, 0.3) is 5.69 Å². The Balaban J connectivity index is 1.63. The summed E-state index contributed by atoms with van der Waals surface area (Å²) in [6.45, 7) is 0. The van der Waals surface area contributed by atoms with Crippen LogP contribution >= 0.6 is 12.2 Å². The van der Waals surface area contributed by atoms with Crippen molar-refractivity contribution >= 4 is 28.7 Å². The van der Waals surface area contributed by atoms with Crippen molar-refractivity contribution in [3.63, 3.8) is 0 Å². The van der Waals surface area contributed by atoms with Crippen LogP contribution in [0.1, 0.15) is 23.5 Å². The number of nitro groups is 1. The van der Waals surface area contributed by atoms with Gasteiger partial charge in [-0.1, -0.05) is 6.07 Å². The second-order valence-corrected chi connectivity index (χ2v) is 8.76. The molecule has 1 aliphatic heterocycles. The fourth-order valence-electron chi connectivity index (χ4n) is 4.54. The number of nitrogens with one attached hydrogen (secondary N) is 1. The molecule has 38 heavy (non-hydrogen) atoms. The number of nitro benzene ring substituents is 1. The van der Waals surface area contributed by atoms with Gasteiger partial charge in [-0.15, -0.1) is 0 Å². The minimum Gasteiger partial charge on any atom is -0.497 e. The van der Waals surface area contributed by atoms with Gasteiger partial charge in [0.05, 0.1) is 55.3 Å². The summed E-state index contributed by atoms with van der Waals surface area (Å²) in [7, 11) is 4.64. The number of hydrogen-bond donors (Lipinski definition) is 1. The molecule has 1 aliphatic rings. The van der Waals surface area contributed by atoms with E-state index in [1.807, 2.05) is 47.4 Å². The summed E-state index contributed by atoms with van der Waals surface area (Å²) < 4.78 is 23.0. The molecule has 10 nitrogen and oxygen atoms in total. The molecule has 2 aromatic carbocycles. The number of methoxy groups -OCH3 is 3. The average molecular weight is 533 g/mol. The Hall–Kier alpha value is -4.64. The van der Waals surface area contributed by atoms with Gasteiger partial charge >= 0.3 is 0 Å². The quantitative estimate of drug-likeness (QED) is 0.178. The predicted octanol–water partition coefficient (Wildman–Crippen LogP) is 5.45. The highest BCUT2D eigenvalue weighted by Gasteiger charge is 2.43. The lowest BCUT2D eigenvalue weighted by atomic mass is 10.0. The van der Waals surface area contributed by atoms with Crippen molar-refractivity contribution in [1.82, 2.24) is 10.3 Å². The van der Waals surface area contributed by atoms with Gasteiger partial charge in [-0.3, -0.25) is 15.1 Å². The minimum absolute atomic E-state index is 0.0748. The van der Waals surface area contributed by atoms with Crippen LogP contribution in [0.3, 0.4) is 0 Å². The van der Waals surface area contributed by atoms with Crippen LogP contribution in [-0.4, -0.2) is 36.3 Å². The largest absolute Gasteiger partial charge is 0.497 e. The maximum Gasteiger partial charge on any atom is 0.273 e. The number of rotatable bonds is 8. The molecule has 5 rings (SSSR count). The summed E-state index contributed by atoms with van der Waals surface area (Å²) >= 11 is 5.81. The molecule has 0 spiro atoms. The number of pyridine rings is 1. The van der Waals surface area contributed by atoms with Crippen LogP contribution in [0.15, 0.2) is 77.3 Å². The number of ether oxygens (including phenoxy) is 3. The van der Waals surface area contributed by atoms with Crippen LogP contribution in [0.4, 0.5) is 11.4 Å². The minimum atomic E-state index is -0.470. The van der Waals surface area contributed by atoms with Crippen molar-refractivity contribution in [3.8, 4) is 28.6 Å². The first-order chi connectivity index (χ1) is 18.4. The Morgan fingerprint density at radius 3 is 2.50 bits per heavy atom. The molecule has 2 atom stereocenters. The predicted molar refractivity (Wildman–Crippen MR) is 145 cm³/mol. The molecule has 11 heteroatoms. The molecule has 194 valence electrons. The van der Waals surface area contributed by atoms with Gasteiger partial charge < -0.3 is 28.8 Å². The number of benzene rings is 2. The maximum absolute atomic E-state index is 11.2. The molecule has 0 aliphatic carbocycles. The third-order valence-electron chi connectivity index (χ3n) is 6.32. The third-order valence-corrected chi connectivity index (χ3v) is 6.64. The molecule has 1 fully saturated rings. The summed E-state index contributed by atoms with van der Waals surface area (Å²) in [6.07, 6.45) is 1.72. The summed E-state index contributed by atoms with van der Waals surface area (Å²) in [5.41, 5.74) is 1.97. The molecule has 1 N–H and O–H groups in total. The van der Waals surface area contributed by atoms with Gasteiger partial charge in [-0.2, -0.15) is 0 Å². The lowest BCUT2D eigenvalue weighted by Crippen LogP contribution is -2.29. The smallest absolute Gasteiger partial charge is 0.273 e. The van der Waals surface area contributed by atoms with E-state index in [1.165, 1.54) is 19.2 Å². The Morgan fingerprint density at radius 1 is 1.00 bits per heavy atom. The zero-order valence-electron chi connectivity index (χ0n) is 20.8. The van der Waals surface area contributed by atoms with E-state index in [4.69, 9.17) is 30.8 Å². The lowest BCUT2D eigenvalue weighted by Gasteiger charge is -2.27. The summed E-state index contributed by atoms with van der Waals surface area (Å²) in [6, 6.07) is 18.4. The van der Waals surface area contributed by atoms with Crippen LogP contribution in [-0.2, 0) is 0 Å². The highest BCUT2D eigenvalue weighted by molar-refractivity contribution is 7.80. The van der Waals surface area contributed by atoms with Crippen molar-refractivity contribution < 1.29 is 23.6 Å². The number of aromatic nitrogens is 1. The lowest BCUT2D eigenvalue weighted by molar-refractivity contribution is -0.384. The van der Waals surface area contributed by atoms with Crippen LogP contribution in [0.2, 0.25) is 0 Å². The van der Waals surface area contributed by atoms with E-state index < -0.39 is 11.0 Å². The van der Waals surface area contributed by atoms with Crippen molar-refractivity contribution in [3.05, 3.63) is 94.5 Å². The average Bonchev–Trinajstić information content (AvgIpc) is 3.57. The van der Waals surface area contributed by atoms with E-state index >= 15 is 0 Å². The Bertz CT molecular complexity index is 1490. The van der Waals surface area contributed by atoms with Gasteiger partial charge in [0, 0.05) is 18.3 Å². The Morgan fingerprint density at radius 2 is 1.82 bits per heavy atom.